The topological polar surface area (TPSA) is 93.1 Å². The number of nitrogens with one attached hydrogen (secondary N) is 1. The number of nitro benzene ring substituents is 1. The van der Waals surface area contributed by atoms with Gasteiger partial charge in [0.1, 0.15) is 5.03 Å². The van der Waals surface area contributed by atoms with Crippen LogP contribution in [0.3, 0.4) is 0 Å². The van der Waals surface area contributed by atoms with Gasteiger partial charge in [-0.3, -0.25) is 10.1 Å². The summed E-state index contributed by atoms with van der Waals surface area (Å²) < 4.78 is 24.9. The first kappa shape index (κ1) is 13.3. The van der Waals surface area contributed by atoms with E-state index in [1.54, 1.807) is 18.2 Å². The van der Waals surface area contributed by atoms with Gasteiger partial charge in [0.25, 0.3) is 5.69 Å². The molecule has 0 aliphatic carbocycles. The van der Waals surface area contributed by atoms with Crippen LogP contribution >= 0.6 is 0 Å². The van der Waals surface area contributed by atoms with Crippen molar-refractivity contribution in [2.24, 2.45) is 0 Å². The minimum atomic E-state index is -3.66. The Morgan fingerprint density at radius 3 is 2.38 bits per heavy atom. The van der Waals surface area contributed by atoms with E-state index in [9.17, 15) is 18.5 Å². The van der Waals surface area contributed by atoms with E-state index in [1.807, 2.05) is 0 Å². The van der Waals surface area contributed by atoms with E-state index < -0.39 is 14.8 Å². The highest BCUT2D eigenvalue weighted by molar-refractivity contribution is 7.91. The van der Waals surface area contributed by atoms with Gasteiger partial charge in [-0.2, -0.15) is 0 Å². The van der Waals surface area contributed by atoms with Crippen LogP contribution in [0.1, 0.15) is 0 Å². The zero-order chi connectivity index (χ0) is 15.0. The van der Waals surface area contributed by atoms with Gasteiger partial charge in [-0.1, -0.05) is 18.2 Å². The number of fused-ring (bicyclic) bond motifs is 1. The van der Waals surface area contributed by atoms with Crippen molar-refractivity contribution >= 4 is 26.4 Å². The van der Waals surface area contributed by atoms with Crippen molar-refractivity contribution in [2.75, 3.05) is 0 Å². The van der Waals surface area contributed by atoms with Gasteiger partial charge in [0.05, 0.1) is 9.82 Å². The number of benzene rings is 2. The van der Waals surface area contributed by atoms with Crippen molar-refractivity contribution in [3.63, 3.8) is 0 Å². The Morgan fingerprint density at radius 1 is 1.00 bits per heavy atom. The molecule has 21 heavy (non-hydrogen) atoms. The number of hydrogen-bond acceptors (Lipinski definition) is 4. The van der Waals surface area contributed by atoms with Crippen molar-refractivity contribution in [3.8, 4) is 0 Å². The lowest BCUT2D eigenvalue weighted by Gasteiger charge is -2.00. The molecule has 0 fully saturated rings. The summed E-state index contributed by atoms with van der Waals surface area (Å²) in [6, 6.07) is 13.6. The van der Waals surface area contributed by atoms with Crippen molar-refractivity contribution in [3.05, 3.63) is 64.7 Å². The van der Waals surface area contributed by atoms with Crippen LogP contribution in [0.5, 0.6) is 0 Å². The summed E-state index contributed by atoms with van der Waals surface area (Å²) in [5, 5.41) is 11.2. The lowest BCUT2D eigenvalue weighted by atomic mass is 10.2. The number of H-pyrrole nitrogens is 1. The quantitative estimate of drug-likeness (QED) is 0.594. The Kier molecular flexibility index (Phi) is 2.99. The van der Waals surface area contributed by atoms with Gasteiger partial charge < -0.3 is 4.98 Å². The lowest BCUT2D eigenvalue weighted by Crippen LogP contribution is -2.01. The number of nitrogens with zero attached hydrogens (tertiary/aromatic N) is 1. The molecular formula is C14H10N2O4S. The van der Waals surface area contributed by atoms with Crippen LogP contribution in [0, 0.1) is 10.1 Å². The van der Waals surface area contributed by atoms with Crippen molar-refractivity contribution < 1.29 is 13.3 Å². The Balaban J connectivity index is 2.15. The fourth-order valence-corrected chi connectivity index (χ4v) is 3.37. The molecule has 0 amide bonds. The van der Waals surface area contributed by atoms with E-state index in [1.165, 1.54) is 36.4 Å². The highest BCUT2D eigenvalue weighted by atomic mass is 32.2. The highest BCUT2D eigenvalue weighted by Gasteiger charge is 2.20. The normalized spacial score (nSPS) is 11.6. The summed E-state index contributed by atoms with van der Waals surface area (Å²) in [5.41, 5.74) is 0.459. The van der Waals surface area contributed by atoms with Crippen LogP contribution in [0.25, 0.3) is 10.9 Å². The van der Waals surface area contributed by atoms with E-state index in [0.717, 1.165) is 0 Å². The maximum atomic E-state index is 12.5. The molecule has 7 heteroatoms. The molecule has 1 aromatic heterocycles. The molecule has 0 saturated carbocycles. The van der Waals surface area contributed by atoms with Crippen LogP contribution in [0.2, 0.25) is 0 Å². The summed E-state index contributed by atoms with van der Waals surface area (Å²) in [4.78, 5) is 13.2. The van der Waals surface area contributed by atoms with Crippen molar-refractivity contribution in [2.45, 2.75) is 9.92 Å². The summed E-state index contributed by atoms with van der Waals surface area (Å²) in [6.45, 7) is 0. The van der Waals surface area contributed by atoms with Gasteiger partial charge in [-0.05, 0) is 24.3 Å². The molecule has 0 saturated heterocycles. The third-order valence-electron chi connectivity index (χ3n) is 3.13. The predicted octanol–water partition coefficient (Wildman–Crippen LogP) is 2.91. The summed E-state index contributed by atoms with van der Waals surface area (Å²) in [5.74, 6) is 0. The smallest absolute Gasteiger partial charge is 0.270 e. The Hall–Kier alpha value is -2.67. The van der Waals surface area contributed by atoms with Crippen LogP contribution in [0.15, 0.2) is 64.5 Å². The highest BCUT2D eigenvalue weighted by Crippen LogP contribution is 2.26. The van der Waals surface area contributed by atoms with Crippen LogP contribution in [0.4, 0.5) is 5.69 Å². The molecule has 2 aromatic carbocycles. The second-order valence-corrected chi connectivity index (χ2v) is 6.40. The van der Waals surface area contributed by atoms with Gasteiger partial charge in [-0.15, -0.1) is 0 Å². The average Bonchev–Trinajstić information content (AvgIpc) is 2.91. The first-order valence-corrected chi connectivity index (χ1v) is 7.54. The molecule has 1 heterocycles. The van der Waals surface area contributed by atoms with Crippen LogP contribution in [-0.2, 0) is 9.84 Å². The number of non-ortho nitro benzene ring substituents is 1. The Bertz CT molecular complexity index is 930. The number of aromatic nitrogens is 1. The van der Waals surface area contributed by atoms with E-state index >= 15 is 0 Å². The molecule has 0 spiro atoms. The molecule has 3 aromatic rings. The van der Waals surface area contributed by atoms with Crippen molar-refractivity contribution in [1.82, 2.24) is 4.98 Å². The predicted molar refractivity (Wildman–Crippen MR) is 76.8 cm³/mol. The lowest BCUT2D eigenvalue weighted by molar-refractivity contribution is -0.384. The van der Waals surface area contributed by atoms with E-state index in [0.29, 0.717) is 10.9 Å². The monoisotopic (exact) mass is 302 g/mol. The first-order valence-electron chi connectivity index (χ1n) is 6.06. The van der Waals surface area contributed by atoms with Gasteiger partial charge >= 0.3 is 0 Å². The standard InChI is InChI=1S/C14H10N2O4S/c17-16(18)11-6-7-13-10(8-11)9-14(15-13)21(19,20)12-4-2-1-3-5-12/h1-9,15H. The molecular weight excluding hydrogens is 292 g/mol. The molecule has 0 unspecified atom stereocenters. The summed E-state index contributed by atoms with van der Waals surface area (Å²) >= 11 is 0. The molecule has 6 nitrogen and oxygen atoms in total. The molecule has 0 radical (unpaired) electrons. The van der Waals surface area contributed by atoms with Gasteiger partial charge in [0.15, 0.2) is 0 Å². The SMILES string of the molecule is O=[N+]([O-])c1ccc2[nH]c(S(=O)(=O)c3ccccc3)cc2c1. The zero-order valence-corrected chi connectivity index (χ0v) is 11.5. The molecule has 0 atom stereocenters. The summed E-state index contributed by atoms with van der Waals surface area (Å²) in [7, 11) is -3.66. The minimum absolute atomic E-state index is 0.0178. The molecule has 0 aliphatic rings. The molecule has 0 bridgehead atoms. The first-order chi connectivity index (χ1) is 9.98. The Labute approximate surface area is 120 Å². The summed E-state index contributed by atoms with van der Waals surface area (Å²) in [6.07, 6.45) is 0. The second-order valence-electron chi connectivity index (χ2n) is 4.48. The molecule has 3 rings (SSSR count). The van der Waals surface area contributed by atoms with Gasteiger partial charge in [0.2, 0.25) is 9.84 Å². The largest absolute Gasteiger partial charge is 0.345 e. The number of rotatable bonds is 3. The molecule has 1 N–H and O–H groups in total. The van der Waals surface area contributed by atoms with Gasteiger partial charge in [0, 0.05) is 23.0 Å². The minimum Gasteiger partial charge on any atom is -0.345 e. The second kappa shape index (κ2) is 4.71. The van der Waals surface area contributed by atoms with Crippen LogP contribution < -0.4 is 0 Å². The van der Waals surface area contributed by atoms with Crippen LogP contribution in [-0.4, -0.2) is 18.3 Å². The molecule has 106 valence electrons. The third kappa shape index (κ3) is 2.27. The fraction of sp³-hybridized carbons (Fsp3) is 0. The third-order valence-corrected chi connectivity index (χ3v) is 4.83. The average molecular weight is 302 g/mol. The van der Waals surface area contributed by atoms with Crippen molar-refractivity contribution in [1.29, 1.82) is 0 Å². The number of aromatic amines is 1. The maximum absolute atomic E-state index is 12.5. The number of hydrogen-bond donors (Lipinski definition) is 1. The van der Waals surface area contributed by atoms with E-state index in [2.05, 4.69) is 4.98 Å². The molecule has 0 aliphatic heterocycles. The fourth-order valence-electron chi connectivity index (χ4n) is 2.08. The number of nitro groups is 1. The maximum Gasteiger partial charge on any atom is 0.270 e. The zero-order valence-electron chi connectivity index (χ0n) is 10.7. The number of sulfone groups is 1. The van der Waals surface area contributed by atoms with E-state index in [4.69, 9.17) is 0 Å². The van der Waals surface area contributed by atoms with Gasteiger partial charge in [-0.25, -0.2) is 8.42 Å². The Morgan fingerprint density at radius 2 is 1.71 bits per heavy atom. The van der Waals surface area contributed by atoms with E-state index in [-0.39, 0.29) is 15.6 Å².